The molecule has 0 aromatic rings. The fourth-order valence-electron chi connectivity index (χ4n) is 6.19. The van der Waals surface area contributed by atoms with E-state index in [0.717, 1.165) is 58.0 Å². The Balaban J connectivity index is 1.86. The minimum Gasteiger partial charge on any atom is -0.396 e. The summed E-state index contributed by atoms with van der Waals surface area (Å²) in [5.74, 6) is 1.14. The van der Waals surface area contributed by atoms with Crippen LogP contribution in [0.25, 0.3) is 0 Å². The molecule has 3 nitrogen and oxygen atoms in total. The third-order valence-corrected chi connectivity index (χ3v) is 8.17. The van der Waals surface area contributed by atoms with Gasteiger partial charge in [-0.05, 0) is 68.9 Å². The lowest BCUT2D eigenvalue weighted by Gasteiger charge is -2.60. The van der Waals surface area contributed by atoms with Gasteiger partial charge in [0.15, 0.2) is 0 Å². The van der Waals surface area contributed by atoms with Crippen molar-refractivity contribution in [3.05, 3.63) is 12.2 Å². The van der Waals surface area contributed by atoms with Crippen molar-refractivity contribution in [1.29, 1.82) is 0 Å². The van der Waals surface area contributed by atoms with Crippen molar-refractivity contribution < 1.29 is 10.2 Å². The molecule has 0 amide bonds. The molecule has 0 heterocycles. The zero-order valence-electron chi connectivity index (χ0n) is 18.7. The number of hydrogen-bond acceptors (Lipinski definition) is 3. The molecule has 2 rings (SSSR count). The minimum absolute atomic E-state index is 0.0712. The largest absolute Gasteiger partial charge is 0.396 e. The van der Waals surface area contributed by atoms with Crippen LogP contribution in [0.2, 0.25) is 5.82 Å². The zero-order chi connectivity index (χ0) is 20.8. The second-order valence-corrected chi connectivity index (χ2v) is 10.1. The van der Waals surface area contributed by atoms with Gasteiger partial charge in [-0.3, -0.25) is 0 Å². The standard InChI is InChI=1S/C24H44BNO2/c1-5-6-7-8-19(25)12-15-26-16-13-20-18(2)9-10-21-23(20,3)14-11-22(28)24(21,4)17-27/h19-22,26-28H,2,5-17H2,1,3-4H3/t19?,20-,21?,22-,23+,24+/m1/s1. The SMILES string of the molecule is [B]C(CCCCC)CCNCC[C@@H]1C(=C)CCC2[C@](C)(CO)[C@H](O)CC[C@]21C. The first-order chi connectivity index (χ1) is 13.3. The topological polar surface area (TPSA) is 52.5 Å². The van der Waals surface area contributed by atoms with Crippen LogP contribution in [0.3, 0.4) is 0 Å². The minimum atomic E-state index is -0.394. The van der Waals surface area contributed by atoms with E-state index in [1.165, 1.54) is 24.8 Å². The van der Waals surface area contributed by atoms with Gasteiger partial charge in [0.1, 0.15) is 0 Å². The smallest absolute Gasteiger partial charge is 0.0700 e. The second-order valence-electron chi connectivity index (χ2n) is 10.1. The third-order valence-electron chi connectivity index (χ3n) is 8.17. The van der Waals surface area contributed by atoms with E-state index in [9.17, 15) is 10.2 Å². The summed E-state index contributed by atoms with van der Waals surface area (Å²) in [6, 6.07) is 0. The molecule has 0 saturated heterocycles. The highest BCUT2D eigenvalue weighted by Crippen LogP contribution is 2.61. The highest BCUT2D eigenvalue weighted by molar-refractivity contribution is 6.11. The van der Waals surface area contributed by atoms with Gasteiger partial charge in [0.2, 0.25) is 0 Å². The summed E-state index contributed by atoms with van der Waals surface area (Å²) in [5, 5.41) is 24.3. The van der Waals surface area contributed by atoms with E-state index in [4.69, 9.17) is 7.85 Å². The summed E-state index contributed by atoms with van der Waals surface area (Å²) < 4.78 is 0. The van der Waals surface area contributed by atoms with Crippen molar-refractivity contribution in [2.24, 2.45) is 22.7 Å². The van der Waals surface area contributed by atoms with Gasteiger partial charge in [-0.25, -0.2) is 0 Å². The maximum atomic E-state index is 10.6. The summed E-state index contributed by atoms with van der Waals surface area (Å²) in [7, 11) is 6.23. The van der Waals surface area contributed by atoms with Crippen LogP contribution in [-0.2, 0) is 0 Å². The Labute approximate surface area is 175 Å². The molecule has 3 N–H and O–H groups in total. The molecule has 0 bridgehead atoms. The van der Waals surface area contributed by atoms with Gasteiger partial charge in [-0.2, -0.15) is 0 Å². The van der Waals surface area contributed by atoms with Crippen LogP contribution in [-0.4, -0.2) is 43.9 Å². The van der Waals surface area contributed by atoms with Crippen LogP contribution >= 0.6 is 0 Å². The van der Waals surface area contributed by atoms with Crippen LogP contribution in [0.5, 0.6) is 0 Å². The van der Waals surface area contributed by atoms with E-state index in [1.54, 1.807) is 0 Å². The molecule has 28 heavy (non-hydrogen) atoms. The van der Waals surface area contributed by atoms with Gasteiger partial charge >= 0.3 is 0 Å². The molecule has 4 heteroatoms. The highest BCUT2D eigenvalue weighted by Gasteiger charge is 2.57. The Morgan fingerprint density at radius 1 is 1.21 bits per heavy atom. The molecule has 2 saturated carbocycles. The summed E-state index contributed by atoms with van der Waals surface area (Å²) in [4.78, 5) is 0. The lowest BCUT2D eigenvalue weighted by Crippen LogP contribution is -2.57. The van der Waals surface area contributed by atoms with Crippen LogP contribution in [0.4, 0.5) is 0 Å². The first-order valence-electron chi connectivity index (χ1n) is 11.7. The monoisotopic (exact) mass is 389 g/mol. The van der Waals surface area contributed by atoms with Crippen molar-refractivity contribution in [2.75, 3.05) is 19.7 Å². The van der Waals surface area contributed by atoms with Crippen LogP contribution in [0.1, 0.15) is 85.0 Å². The Kier molecular flexibility index (Phi) is 9.10. The maximum absolute atomic E-state index is 10.6. The van der Waals surface area contributed by atoms with E-state index >= 15 is 0 Å². The molecule has 2 fully saturated rings. The van der Waals surface area contributed by atoms with E-state index in [-0.39, 0.29) is 17.4 Å². The van der Waals surface area contributed by atoms with E-state index in [2.05, 4.69) is 32.7 Å². The molecule has 0 aliphatic heterocycles. The molecule has 2 unspecified atom stereocenters. The molecule has 2 radical (unpaired) electrons. The van der Waals surface area contributed by atoms with Gasteiger partial charge < -0.3 is 15.5 Å². The number of aliphatic hydroxyl groups excluding tert-OH is 2. The van der Waals surface area contributed by atoms with Crippen molar-refractivity contribution >= 4 is 7.85 Å². The van der Waals surface area contributed by atoms with E-state index in [0.29, 0.717) is 17.7 Å². The number of aliphatic hydroxyl groups is 2. The number of unbranched alkanes of at least 4 members (excludes halogenated alkanes) is 2. The molecule has 0 aromatic carbocycles. The fourth-order valence-corrected chi connectivity index (χ4v) is 6.19. The fraction of sp³-hybridized carbons (Fsp3) is 0.917. The molecular formula is C24H44BNO2. The Hall–Kier alpha value is -0.315. The lowest BCUT2D eigenvalue weighted by atomic mass is 9.46. The molecule has 6 atom stereocenters. The van der Waals surface area contributed by atoms with E-state index < -0.39 is 6.10 Å². The van der Waals surface area contributed by atoms with Gasteiger partial charge in [0.25, 0.3) is 0 Å². The number of allylic oxidation sites excluding steroid dienone is 1. The number of fused-ring (bicyclic) bond motifs is 1. The Bertz CT molecular complexity index is 499. The van der Waals surface area contributed by atoms with Crippen LogP contribution < -0.4 is 5.32 Å². The Morgan fingerprint density at radius 2 is 1.96 bits per heavy atom. The van der Waals surface area contributed by atoms with Gasteiger partial charge in [-0.1, -0.05) is 64.4 Å². The quantitative estimate of drug-likeness (QED) is 0.274. The van der Waals surface area contributed by atoms with Gasteiger partial charge in [-0.15, -0.1) is 0 Å². The average Bonchev–Trinajstić information content (AvgIpc) is 2.67. The number of rotatable bonds is 11. The second kappa shape index (κ2) is 10.6. The predicted octanol–water partition coefficient (Wildman–Crippen LogP) is 4.64. The van der Waals surface area contributed by atoms with Crippen LogP contribution in [0.15, 0.2) is 12.2 Å². The van der Waals surface area contributed by atoms with Gasteiger partial charge in [0.05, 0.1) is 20.6 Å². The third kappa shape index (κ3) is 5.23. The summed E-state index contributed by atoms with van der Waals surface area (Å²) in [5.41, 5.74) is 1.11. The maximum Gasteiger partial charge on any atom is 0.0700 e. The van der Waals surface area contributed by atoms with Crippen LogP contribution in [0, 0.1) is 22.7 Å². The van der Waals surface area contributed by atoms with E-state index in [1.807, 2.05) is 0 Å². The molecule has 0 spiro atoms. The molecule has 2 aliphatic carbocycles. The summed E-state index contributed by atoms with van der Waals surface area (Å²) >= 11 is 0. The normalized spacial score (nSPS) is 36.9. The molecule has 2 aliphatic rings. The van der Waals surface area contributed by atoms with Crippen molar-refractivity contribution in [2.45, 2.75) is 96.9 Å². The lowest BCUT2D eigenvalue weighted by molar-refractivity contribution is -0.152. The number of nitrogens with one attached hydrogen (secondary N) is 1. The number of hydrogen-bond donors (Lipinski definition) is 3. The van der Waals surface area contributed by atoms with Crippen molar-refractivity contribution in [1.82, 2.24) is 5.32 Å². The molecule has 160 valence electrons. The first-order valence-corrected chi connectivity index (χ1v) is 11.7. The summed E-state index contributed by atoms with van der Waals surface area (Å²) in [6.07, 6.45) is 10.5. The molecule has 0 aromatic heterocycles. The average molecular weight is 389 g/mol. The van der Waals surface area contributed by atoms with Gasteiger partial charge in [0, 0.05) is 5.41 Å². The Morgan fingerprint density at radius 3 is 2.64 bits per heavy atom. The predicted molar refractivity (Wildman–Crippen MR) is 120 cm³/mol. The first kappa shape index (κ1) is 24.0. The summed E-state index contributed by atoms with van der Waals surface area (Å²) in [6.45, 7) is 13.2. The van der Waals surface area contributed by atoms with Crippen molar-refractivity contribution in [3.8, 4) is 0 Å². The van der Waals surface area contributed by atoms with Crippen molar-refractivity contribution in [3.63, 3.8) is 0 Å². The zero-order valence-corrected chi connectivity index (χ0v) is 18.7. The highest BCUT2D eigenvalue weighted by atomic mass is 16.3. The molecular weight excluding hydrogens is 345 g/mol.